The molecule has 1 aliphatic rings. The van der Waals surface area contributed by atoms with Crippen LogP contribution in [0.3, 0.4) is 0 Å². The maximum Gasteiger partial charge on any atom is 0.324 e. The van der Waals surface area contributed by atoms with Gasteiger partial charge in [-0.15, -0.1) is 0 Å². The number of carbonyl (C=O) groups is 3. The third-order valence-corrected chi connectivity index (χ3v) is 2.74. The molecule has 0 aliphatic carbocycles. The van der Waals surface area contributed by atoms with Crippen molar-refractivity contribution in [1.82, 2.24) is 10.3 Å². The highest BCUT2D eigenvalue weighted by molar-refractivity contribution is 6.17. The van der Waals surface area contributed by atoms with Crippen LogP contribution in [-0.2, 0) is 14.3 Å². The molecule has 0 saturated carbocycles. The van der Waals surface area contributed by atoms with E-state index in [9.17, 15) is 14.4 Å². The zero-order valence-electron chi connectivity index (χ0n) is 10.5. The molecular weight excluding hydrogens is 264 g/mol. The van der Waals surface area contributed by atoms with Gasteiger partial charge < -0.3 is 10.5 Å². The molecule has 0 saturated heterocycles. The van der Waals surface area contributed by atoms with Crippen LogP contribution in [0.1, 0.15) is 34.5 Å². The first-order chi connectivity index (χ1) is 9.49. The molecule has 0 radical (unpaired) electrons. The van der Waals surface area contributed by atoms with Crippen LogP contribution >= 0.6 is 0 Å². The number of nitrogens with one attached hydrogen (secondary N) is 1. The van der Waals surface area contributed by atoms with E-state index in [1.54, 1.807) is 13.0 Å². The van der Waals surface area contributed by atoms with Crippen LogP contribution in [0.5, 0.6) is 0 Å². The number of rotatable bonds is 2. The number of hydrogen-bond donors (Lipinski definition) is 2. The van der Waals surface area contributed by atoms with E-state index in [-0.39, 0.29) is 29.2 Å². The van der Waals surface area contributed by atoms with E-state index in [1.165, 1.54) is 6.07 Å². The molecule has 1 unspecified atom stereocenters. The Labute approximate surface area is 113 Å². The molecule has 8 nitrogen and oxygen atoms in total. The lowest BCUT2D eigenvalue weighted by molar-refractivity contribution is -0.148. The molecule has 0 bridgehead atoms. The number of esters is 1. The van der Waals surface area contributed by atoms with Gasteiger partial charge >= 0.3 is 5.97 Å². The SMILES string of the molecule is CCOC(=O)C1C(=O)NC(=O)c2cc(C#N)c(N)nc21. The molecule has 1 aromatic rings. The van der Waals surface area contributed by atoms with E-state index in [0.29, 0.717) is 0 Å². The lowest BCUT2D eigenvalue weighted by Crippen LogP contribution is -2.44. The van der Waals surface area contributed by atoms with E-state index < -0.39 is 23.7 Å². The highest BCUT2D eigenvalue weighted by atomic mass is 16.5. The lowest BCUT2D eigenvalue weighted by Gasteiger charge is -2.22. The maximum absolute atomic E-state index is 11.8. The van der Waals surface area contributed by atoms with Crippen molar-refractivity contribution >= 4 is 23.6 Å². The fourth-order valence-corrected chi connectivity index (χ4v) is 1.85. The standard InChI is InChI=1S/C12H10N4O4/c1-2-20-12(19)7-8-6(10(17)16-11(7)18)3-5(4-13)9(14)15-8/h3,7H,2H2,1H3,(H2,14,15)(H,16,17,18). The van der Waals surface area contributed by atoms with Crippen molar-refractivity contribution < 1.29 is 19.1 Å². The van der Waals surface area contributed by atoms with Crippen LogP contribution in [0.15, 0.2) is 6.07 Å². The fourth-order valence-electron chi connectivity index (χ4n) is 1.85. The summed E-state index contributed by atoms with van der Waals surface area (Å²) in [5.41, 5.74) is 5.43. The largest absolute Gasteiger partial charge is 0.465 e. The van der Waals surface area contributed by atoms with Crippen molar-refractivity contribution in [3.05, 3.63) is 22.9 Å². The quantitative estimate of drug-likeness (QED) is 0.419. The van der Waals surface area contributed by atoms with Gasteiger partial charge in [-0.3, -0.25) is 19.7 Å². The van der Waals surface area contributed by atoms with Crippen molar-refractivity contribution in [2.24, 2.45) is 0 Å². The number of carbonyl (C=O) groups excluding carboxylic acids is 3. The topological polar surface area (TPSA) is 135 Å². The molecule has 2 amide bonds. The minimum atomic E-state index is -1.36. The Bertz CT molecular complexity index is 662. The average molecular weight is 274 g/mol. The van der Waals surface area contributed by atoms with Crippen molar-refractivity contribution in [2.45, 2.75) is 12.8 Å². The van der Waals surface area contributed by atoms with Gasteiger partial charge in [0, 0.05) is 0 Å². The Morgan fingerprint density at radius 1 is 1.60 bits per heavy atom. The fraction of sp³-hybridized carbons (Fsp3) is 0.250. The molecule has 102 valence electrons. The Hall–Kier alpha value is -2.95. The van der Waals surface area contributed by atoms with E-state index in [4.69, 9.17) is 15.7 Å². The van der Waals surface area contributed by atoms with E-state index >= 15 is 0 Å². The highest BCUT2D eigenvalue weighted by Crippen LogP contribution is 2.27. The molecule has 8 heteroatoms. The summed E-state index contributed by atoms with van der Waals surface area (Å²) in [5, 5.41) is 10.9. The normalized spacial score (nSPS) is 16.9. The van der Waals surface area contributed by atoms with Crippen LogP contribution < -0.4 is 11.1 Å². The number of hydrogen-bond acceptors (Lipinski definition) is 7. The third kappa shape index (κ3) is 2.05. The van der Waals surface area contributed by atoms with Gasteiger partial charge in [0.05, 0.1) is 23.4 Å². The van der Waals surface area contributed by atoms with Gasteiger partial charge in [0.1, 0.15) is 11.9 Å². The molecule has 0 aromatic carbocycles. The number of fused-ring (bicyclic) bond motifs is 1. The number of ether oxygens (including phenoxy) is 1. The predicted octanol–water partition coefficient (Wildman–Crippen LogP) is -0.548. The summed E-state index contributed by atoms with van der Waals surface area (Å²) in [5.74, 6) is -3.89. The number of pyridine rings is 1. The maximum atomic E-state index is 11.8. The number of anilines is 1. The Morgan fingerprint density at radius 2 is 2.30 bits per heavy atom. The summed E-state index contributed by atoms with van der Waals surface area (Å²) < 4.78 is 4.78. The first kappa shape index (κ1) is 13.5. The van der Waals surface area contributed by atoms with Crippen molar-refractivity contribution in [1.29, 1.82) is 5.26 Å². The minimum absolute atomic E-state index is 0.00384. The second-order valence-corrected chi connectivity index (χ2v) is 3.97. The van der Waals surface area contributed by atoms with Gasteiger partial charge in [-0.2, -0.15) is 5.26 Å². The monoisotopic (exact) mass is 274 g/mol. The smallest absolute Gasteiger partial charge is 0.324 e. The van der Waals surface area contributed by atoms with Gasteiger partial charge in [0.2, 0.25) is 5.91 Å². The number of nitriles is 1. The Morgan fingerprint density at radius 3 is 2.90 bits per heavy atom. The van der Waals surface area contributed by atoms with Crippen LogP contribution in [-0.4, -0.2) is 29.4 Å². The molecule has 0 spiro atoms. The zero-order valence-corrected chi connectivity index (χ0v) is 10.5. The number of nitrogens with two attached hydrogens (primary N) is 1. The molecular formula is C12H10N4O4. The Balaban J connectivity index is 2.60. The van der Waals surface area contributed by atoms with Gasteiger partial charge in [0.15, 0.2) is 5.92 Å². The average Bonchev–Trinajstić information content (AvgIpc) is 2.38. The second-order valence-electron chi connectivity index (χ2n) is 3.97. The number of nitrogens with zero attached hydrogens (tertiary/aromatic N) is 2. The predicted molar refractivity (Wildman–Crippen MR) is 65.2 cm³/mol. The van der Waals surface area contributed by atoms with Gasteiger partial charge in [0.25, 0.3) is 5.91 Å². The van der Waals surface area contributed by atoms with E-state index in [1.807, 2.05) is 5.32 Å². The summed E-state index contributed by atoms with van der Waals surface area (Å²) in [7, 11) is 0. The number of amides is 2. The molecule has 3 N–H and O–H groups in total. The first-order valence-electron chi connectivity index (χ1n) is 5.72. The summed E-state index contributed by atoms with van der Waals surface area (Å²) in [6.45, 7) is 1.67. The first-order valence-corrected chi connectivity index (χ1v) is 5.72. The number of nitrogen functional groups attached to an aromatic ring is 1. The van der Waals surface area contributed by atoms with Gasteiger partial charge in [-0.05, 0) is 13.0 Å². The zero-order chi connectivity index (χ0) is 14.9. The van der Waals surface area contributed by atoms with Crippen LogP contribution in [0.4, 0.5) is 5.82 Å². The van der Waals surface area contributed by atoms with E-state index in [0.717, 1.165) is 0 Å². The van der Waals surface area contributed by atoms with Crippen molar-refractivity contribution in [2.75, 3.05) is 12.3 Å². The molecule has 1 aromatic heterocycles. The van der Waals surface area contributed by atoms with Gasteiger partial charge in [-0.1, -0.05) is 0 Å². The Kier molecular flexibility index (Phi) is 3.35. The summed E-state index contributed by atoms with van der Waals surface area (Å²) >= 11 is 0. The van der Waals surface area contributed by atoms with Crippen LogP contribution in [0.25, 0.3) is 0 Å². The third-order valence-electron chi connectivity index (χ3n) is 2.74. The van der Waals surface area contributed by atoms with Gasteiger partial charge in [-0.25, -0.2) is 4.98 Å². The lowest BCUT2D eigenvalue weighted by atomic mass is 9.93. The highest BCUT2D eigenvalue weighted by Gasteiger charge is 2.40. The number of imide groups is 1. The molecule has 2 heterocycles. The molecule has 20 heavy (non-hydrogen) atoms. The summed E-state index contributed by atoms with van der Waals surface area (Å²) in [4.78, 5) is 39.1. The molecule has 1 aliphatic heterocycles. The molecule has 1 atom stereocenters. The van der Waals surface area contributed by atoms with E-state index in [2.05, 4.69) is 4.98 Å². The number of aromatic nitrogens is 1. The van der Waals surface area contributed by atoms with Crippen LogP contribution in [0.2, 0.25) is 0 Å². The molecule has 2 rings (SSSR count). The van der Waals surface area contributed by atoms with Crippen molar-refractivity contribution in [3.63, 3.8) is 0 Å². The van der Waals surface area contributed by atoms with Crippen LogP contribution in [0, 0.1) is 11.3 Å². The van der Waals surface area contributed by atoms with Crippen molar-refractivity contribution in [3.8, 4) is 6.07 Å². The second kappa shape index (κ2) is 4.97. The minimum Gasteiger partial charge on any atom is -0.465 e. The summed E-state index contributed by atoms with van der Waals surface area (Å²) in [6.07, 6.45) is 0. The molecule has 0 fully saturated rings. The summed E-state index contributed by atoms with van der Waals surface area (Å²) in [6, 6.07) is 2.98.